The normalized spacial score (nSPS) is 11.8. The van der Waals surface area contributed by atoms with Gasteiger partial charge in [-0.05, 0) is 33.9 Å². The first kappa shape index (κ1) is 15.2. The highest BCUT2D eigenvalue weighted by Gasteiger charge is 2.19. The van der Waals surface area contributed by atoms with Crippen LogP contribution >= 0.6 is 50.8 Å². The van der Waals surface area contributed by atoms with Crippen molar-refractivity contribution in [2.24, 2.45) is 0 Å². The Morgan fingerprint density at radius 1 is 1.16 bits per heavy atom. The molecule has 0 aliphatic rings. The van der Waals surface area contributed by atoms with Gasteiger partial charge in [-0.25, -0.2) is 9.97 Å². The summed E-state index contributed by atoms with van der Waals surface area (Å²) < 4.78 is 2.66. The van der Waals surface area contributed by atoms with Gasteiger partial charge in [0, 0.05) is 11.5 Å². The Labute approximate surface area is 133 Å². The van der Waals surface area contributed by atoms with E-state index in [-0.39, 0.29) is 5.41 Å². The van der Waals surface area contributed by atoms with E-state index in [1.54, 1.807) is 23.1 Å². The number of rotatable bonds is 3. The van der Waals surface area contributed by atoms with Crippen LogP contribution in [0, 0.1) is 0 Å². The van der Waals surface area contributed by atoms with Gasteiger partial charge < -0.3 is 0 Å². The molecule has 102 valence electrons. The van der Waals surface area contributed by atoms with Crippen molar-refractivity contribution in [2.45, 2.75) is 39.9 Å². The summed E-state index contributed by atoms with van der Waals surface area (Å²) in [6.07, 6.45) is 1.99. The molecule has 2 rings (SSSR count). The largest absolute Gasteiger partial charge is 0.226 e. The average molecular weight is 377 g/mol. The maximum absolute atomic E-state index is 4.59. The fourth-order valence-electron chi connectivity index (χ4n) is 1.20. The summed E-state index contributed by atoms with van der Waals surface area (Å²) in [5.74, 6) is 0.819. The monoisotopic (exact) mass is 376 g/mol. The molecule has 0 amide bonds. The molecule has 0 aliphatic carbocycles. The van der Waals surface area contributed by atoms with Crippen molar-refractivity contribution in [3.63, 3.8) is 0 Å². The molecule has 0 saturated carbocycles. The summed E-state index contributed by atoms with van der Waals surface area (Å²) in [5.41, 5.74) is -0.0787. The fraction of sp³-hybridized carbons (Fsp3) is 0.455. The lowest BCUT2D eigenvalue weighted by Gasteiger charge is -2.17. The van der Waals surface area contributed by atoms with Crippen LogP contribution in [0.3, 0.4) is 0 Å². The lowest BCUT2D eigenvalue weighted by molar-refractivity contribution is 0.536. The van der Waals surface area contributed by atoms with Crippen molar-refractivity contribution in [1.29, 1.82) is 0 Å². The van der Waals surface area contributed by atoms with Gasteiger partial charge in [0.25, 0.3) is 0 Å². The van der Waals surface area contributed by atoms with E-state index in [0.717, 1.165) is 24.1 Å². The second-order valence-corrected chi connectivity index (χ2v) is 8.85. The van der Waals surface area contributed by atoms with Gasteiger partial charge in [-0.15, -0.1) is 10.2 Å². The van der Waals surface area contributed by atoms with E-state index in [1.807, 2.05) is 12.3 Å². The summed E-state index contributed by atoms with van der Waals surface area (Å²) in [6.45, 7) is 6.29. The van der Waals surface area contributed by atoms with Gasteiger partial charge in [-0.3, -0.25) is 0 Å². The van der Waals surface area contributed by atoms with Crippen molar-refractivity contribution in [3.05, 3.63) is 16.5 Å². The van der Waals surface area contributed by atoms with Crippen molar-refractivity contribution < 1.29 is 0 Å². The molecule has 0 aromatic carbocycles. The SMILES string of the molecule is CSc1nnc(Sc2cc(Br)nc(C(C)(C)C)n2)s1. The lowest BCUT2D eigenvalue weighted by Crippen LogP contribution is -2.16. The second-order valence-electron chi connectivity index (χ2n) is 4.74. The van der Waals surface area contributed by atoms with Gasteiger partial charge in [0.15, 0.2) is 8.68 Å². The molecule has 8 heteroatoms. The molecule has 2 aromatic rings. The Balaban J connectivity index is 2.27. The van der Waals surface area contributed by atoms with Crippen molar-refractivity contribution in [2.75, 3.05) is 6.26 Å². The third kappa shape index (κ3) is 4.14. The number of hydrogen-bond acceptors (Lipinski definition) is 7. The van der Waals surface area contributed by atoms with Crippen LogP contribution < -0.4 is 0 Å². The van der Waals surface area contributed by atoms with Crippen molar-refractivity contribution in [3.8, 4) is 0 Å². The molecule has 0 radical (unpaired) electrons. The Hall–Kier alpha value is -0.180. The molecule has 0 fully saturated rings. The van der Waals surface area contributed by atoms with Gasteiger partial charge in [0.1, 0.15) is 15.5 Å². The quantitative estimate of drug-likeness (QED) is 0.588. The molecule has 0 saturated heterocycles. The highest BCUT2D eigenvalue weighted by atomic mass is 79.9. The maximum Gasteiger partial charge on any atom is 0.181 e. The first-order valence-electron chi connectivity index (χ1n) is 5.49. The van der Waals surface area contributed by atoms with Gasteiger partial charge >= 0.3 is 0 Å². The minimum Gasteiger partial charge on any atom is -0.226 e. The zero-order valence-corrected chi connectivity index (χ0v) is 15.0. The molecule has 2 heterocycles. The molecule has 4 nitrogen and oxygen atoms in total. The van der Waals surface area contributed by atoms with Crippen LogP contribution in [0.5, 0.6) is 0 Å². The highest BCUT2D eigenvalue weighted by Crippen LogP contribution is 2.33. The highest BCUT2D eigenvalue weighted by molar-refractivity contribution is 9.10. The van der Waals surface area contributed by atoms with E-state index >= 15 is 0 Å². The number of hydrogen-bond donors (Lipinski definition) is 0. The Bertz CT molecular complexity index is 580. The van der Waals surface area contributed by atoms with Gasteiger partial charge in [0.05, 0.1) is 0 Å². The molecule has 0 bridgehead atoms. The molecule has 0 N–H and O–H groups in total. The first-order chi connectivity index (χ1) is 8.88. The van der Waals surface area contributed by atoms with Crippen LogP contribution in [0.2, 0.25) is 0 Å². The standard InChI is InChI=1S/C11H13BrN4S3/c1-11(2,3)8-13-6(12)5-7(14-8)18-10-16-15-9(17-4)19-10/h5H,1-4H3. The van der Waals surface area contributed by atoms with Crippen molar-refractivity contribution in [1.82, 2.24) is 20.2 Å². The van der Waals surface area contributed by atoms with E-state index in [1.165, 1.54) is 11.8 Å². The van der Waals surface area contributed by atoms with Crippen LogP contribution in [0.4, 0.5) is 0 Å². The van der Waals surface area contributed by atoms with E-state index < -0.39 is 0 Å². The van der Waals surface area contributed by atoms with Crippen molar-refractivity contribution >= 4 is 50.8 Å². The Morgan fingerprint density at radius 2 is 1.84 bits per heavy atom. The number of halogens is 1. The van der Waals surface area contributed by atoms with Crippen LogP contribution in [0.15, 0.2) is 24.4 Å². The molecule has 2 aromatic heterocycles. The van der Waals surface area contributed by atoms with Gasteiger partial charge in [-0.2, -0.15) is 0 Å². The Morgan fingerprint density at radius 3 is 2.42 bits per heavy atom. The van der Waals surface area contributed by atoms with Gasteiger partial charge in [0.2, 0.25) is 0 Å². The minimum absolute atomic E-state index is 0.0787. The minimum atomic E-state index is -0.0787. The summed E-state index contributed by atoms with van der Waals surface area (Å²) in [4.78, 5) is 9.01. The van der Waals surface area contributed by atoms with Crippen LogP contribution in [0.25, 0.3) is 0 Å². The topological polar surface area (TPSA) is 51.6 Å². The molecule has 0 atom stereocenters. The molecule has 0 aliphatic heterocycles. The van der Waals surface area contributed by atoms with E-state index in [0.29, 0.717) is 0 Å². The predicted molar refractivity (Wildman–Crippen MR) is 84.2 cm³/mol. The third-order valence-electron chi connectivity index (χ3n) is 2.10. The Kier molecular flexibility index (Phi) is 4.86. The summed E-state index contributed by atoms with van der Waals surface area (Å²) in [6, 6.07) is 1.90. The van der Waals surface area contributed by atoms with Crippen LogP contribution in [-0.4, -0.2) is 26.4 Å². The summed E-state index contributed by atoms with van der Waals surface area (Å²) in [5, 5.41) is 9.10. The molecule has 0 spiro atoms. The third-order valence-corrected chi connectivity index (χ3v) is 5.37. The average Bonchev–Trinajstić information content (AvgIpc) is 2.75. The zero-order chi connectivity index (χ0) is 14.0. The van der Waals surface area contributed by atoms with E-state index in [4.69, 9.17) is 0 Å². The fourth-order valence-corrected chi connectivity index (χ4v) is 4.12. The van der Waals surface area contributed by atoms with E-state index in [9.17, 15) is 0 Å². The van der Waals surface area contributed by atoms with Crippen LogP contribution in [0.1, 0.15) is 26.6 Å². The van der Waals surface area contributed by atoms with Crippen LogP contribution in [-0.2, 0) is 5.41 Å². The summed E-state index contributed by atoms with van der Waals surface area (Å²) in [7, 11) is 0. The van der Waals surface area contributed by atoms with Gasteiger partial charge in [-0.1, -0.05) is 43.9 Å². The summed E-state index contributed by atoms with van der Waals surface area (Å²) >= 11 is 8.13. The molecule has 0 unspecified atom stereocenters. The van der Waals surface area contributed by atoms with E-state index in [2.05, 4.69) is 56.9 Å². The molecular formula is C11H13BrN4S3. The number of nitrogens with zero attached hydrogens (tertiary/aromatic N) is 4. The smallest absolute Gasteiger partial charge is 0.181 e. The molecule has 19 heavy (non-hydrogen) atoms. The number of aromatic nitrogens is 4. The zero-order valence-electron chi connectivity index (χ0n) is 11.0. The second kappa shape index (κ2) is 6.07. The number of thioether (sulfide) groups is 1. The lowest BCUT2D eigenvalue weighted by atomic mass is 9.96. The maximum atomic E-state index is 4.59. The first-order valence-corrected chi connectivity index (χ1v) is 9.14. The molecular weight excluding hydrogens is 364 g/mol. The predicted octanol–water partition coefficient (Wildman–Crippen LogP) is 4.26.